The molecule has 1 fully saturated rings. The van der Waals surface area contributed by atoms with E-state index in [-0.39, 0.29) is 11.8 Å². The molecule has 0 unspecified atom stereocenters. The molecule has 2 atom stereocenters. The number of amides is 2. The molecule has 138 valence electrons. The quantitative estimate of drug-likeness (QED) is 0.791. The Morgan fingerprint density at radius 1 is 1.20 bits per heavy atom. The Kier molecular flexibility index (Phi) is 7.44. The third-order valence-corrected chi connectivity index (χ3v) is 4.84. The van der Waals surface area contributed by atoms with Gasteiger partial charge >= 0.3 is 0 Å². The van der Waals surface area contributed by atoms with E-state index in [2.05, 4.69) is 22.5 Å². The van der Waals surface area contributed by atoms with Gasteiger partial charge in [0.05, 0.1) is 6.54 Å². The van der Waals surface area contributed by atoms with Gasteiger partial charge < -0.3 is 10.6 Å². The summed E-state index contributed by atoms with van der Waals surface area (Å²) >= 11 is 0. The summed E-state index contributed by atoms with van der Waals surface area (Å²) in [6.45, 7) is 5.15. The molecule has 25 heavy (non-hydrogen) atoms. The number of rotatable bonds is 7. The van der Waals surface area contributed by atoms with Gasteiger partial charge in [-0.2, -0.15) is 0 Å². The van der Waals surface area contributed by atoms with Crippen LogP contribution >= 0.6 is 0 Å². The number of likely N-dealkylation sites (N-methyl/N-ethyl adjacent to an activating group) is 1. The van der Waals surface area contributed by atoms with Crippen LogP contribution in [0.25, 0.3) is 0 Å². The van der Waals surface area contributed by atoms with E-state index in [1.807, 2.05) is 19.2 Å². The Hall–Kier alpha value is -1.88. The van der Waals surface area contributed by atoms with Crippen LogP contribution in [0.5, 0.6) is 0 Å². The maximum Gasteiger partial charge on any atom is 0.238 e. The second-order valence-electron chi connectivity index (χ2n) is 7.47. The van der Waals surface area contributed by atoms with Crippen LogP contribution in [0.1, 0.15) is 46.0 Å². The summed E-state index contributed by atoms with van der Waals surface area (Å²) in [5.74, 6) is 1.51. The van der Waals surface area contributed by atoms with Crippen molar-refractivity contribution in [2.24, 2.45) is 11.8 Å². The van der Waals surface area contributed by atoms with Crippen molar-refractivity contribution < 1.29 is 9.59 Å². The van der Waals surface area contributed by atoms with Gasteiger partial charge in [0.1, 0.15) is 0 Å². The smallest absolute Gasteiger partial charge is 0.238 e. The molecule has 1 aromatic carbocycles. The number of carbonyl (C=O) groups is 2. The first-order chi connectivity index (χ1) is 11.9. The van der Waals surface area contributed by atoms with Crippen molar-refractivity contribution in [2.75, 3.05) is 30.8 Å². The zero-order valence-corrected chi connectivity index (χ0v) is 15.7. The molecule has 0 radical (unpaired) electrons. The molecule has 0 aromatic heterocycles. The summed E-state index contributed by atoms with van der Waals surface area (Å²) in [5.41, 5.74) is 1.39. The minimum absolute atomic E-state index is 0.0283. The largest absolute Gasteiger partial charge is 0.326 e. The molecule has 1 aliphatic rings. The number of carbonyl (C=O) groups excluding carboxylic acids is 2. The summed E-state index contributed by atoms with van der Waals surface area (Å²) in [6, 6.07) is 7.21. The van der Waals surface area contributed by atoms with Crippen LogP contribution in [0.3, 0.4) is 0 Å². The Morgan fingerprint density at radius 3 is 2.60 bits per heavy atom. The molecule has 5 heteroatoms. The molecule has 1 saturated carbocycles. The van der Waals surface area contributed by atoms with Crippen molar-refractivity contribution >= 4 is 23.2 Å². The van der Waals surface area contributed by atoms with Crippen molar-refractivity contribution in [1.29, 1.82) is 0 Å². The van der Waals surface area contributed by atoms with Crippen LogP contribution < -0.4 is 10.6 Å². The summed E-state index contributed by atoms with van der Waals surface area (Å²) in [5, 5.41) is 5.62. The fourth-order valence-corrected chi connectivity index (χ4v) is 3.63. The lowest BCUT2D eigenvalue weighted by atomic mass is 9.81. The van der Waals surface area contributed by atoms with E-state index >= 15 is 0 Å². The molecule has 0 heterocycles. The highest BCUT2D eigenvalue weighted by atomic mass is 16.2. The number of benzene rings is 1. The van der Waals surface area contributed by atoms with Gasteiger partial charge in [-0.25, -0.2) is 0 Å². The predicted octanol–water partition coefficient (Wildman–Crippen LogP) is 3.73. The summed E-state index contributed by atoms with van der Waals surface area (Å²) in [4.78, 5) is 25.4. The lowest BCUT2D eigenvalue weighted by Crippen LogP contribution is -2.32. The van der Waals surface area contributed by atoms with E-state index in [9.17, 15) is 9.59 Å². The highest BCUT2D eigenvalue weighted by molar-refractivity contribution is 5.94. The second kappa shape index (κ2) is 9.56. The maximum absolute atomic E-state index is 12.2. The molecule has 2 rings (SSSR count). The lowest BCUT2D eigenvalue weighted by molar-refractivity contribution is -0.117. The number of hydrogen-bond acceptors (Lipinski definition) is 3. The lowest BCUT2D eigenvalue weighted by Gasteiger charge is -2.28. The molecule has 0 bridgehead atoms. The monoisotopic (exact) mass is 345 g/mol. The van der Waals surface area contributed by atoms with Crippen LogP contribution in [0.15, 0.2) is 24.3 Å². The molecule has 0 spiro atoms. The molecule has 0 saturated heterocycles. The predicted molar refractivity (Wildman–Crippen MR) is 103 cm³/mol. The molecule has 0 aliphatic heterocycles. The van der Waals surface area contributed by atoms with Gasteiger partial charge in [0, 0.05) is 18.3 Å². The van der Waals surface area contributed by atoms with Crippen molar-refractivity contribution in [2.45, 2.75) is 46.0 Å². The highest BCUT2D eigenvalue weighted by Crippen LogP contribution is 2.30. The van der Waals surface area contributed by atoms with Gasteiger partial charge in [-0.05, 0) is 56.5 Å². The zero-order chi connectivity index (χ0) is 18.2. The summed E-state index contributed by atoms with van der Waals surface area (Å²) in [6.07, 6.45) is 6.55. The molecular formula is C20H31N3O2. The standard InChI is InChI=1S/C20H31N3O2/c1-15-6-4-7-17(12-15)10-11-23(3)14-20(25)22-19-9-5-8-18(13-19)21-16(2)24/h5,8-9,13,15,17H,4,6-7,10-12,14H2,1-3H3,(H,21,24)(H,22,25)/t15-,17-/m0/s1. The molecule has 1 aromatic rings. The molecule has 5 nitrogen and oxygen atoms in total. The van der Waals surface area contributed by atoms with Crippen molar-refractivity contribution in [3.63, 3.8) is 0 Å². The molecule has 2 amide bonds. The van der Waals surface area contributed by atoms with Crippen LogP contribution in [0.4, 0.5) is 11.4 Å². The molecule has 2 N–H and O–H groups in total. The molecular weight excluding hydrogens is 314 g/mol. The van der Waals surface area contributed by atoms with Gasteiger partial charge in [-0.3, -0.25) is 14.5 Å². The van der Waals surface area contributed by atoms with Crippen LogP contribution in [0.2, 0.25) is 0 Å². The van der Waals surface area contributed by atoms with Crippen molar-refractivity contribution in [3.8, 4) is 0 Å². The normalized spacial score (nSPS) is 20.3. The van der Waals surface area contributed by atoms with E-state index in [0.717, 1.165) is 18.4 Å². The third kappa shape index (κ3) is 7.26. The van der Waals surface area contributed by atoms with Crippen LogP contribution in [-0.2, 0) is 9.59 Å². The molecule has 1 aliphatic carbocycles. The number of anilines is 2. The number of nitrogens with one attached hydrogen (secondary N) is 2. The first-order valence-corrected chi connectivity index (χ1v) is 9.28. The Balaban J connectivity index is 1.74. The van der Waals surface area contributed by atoms with Gasteiger partial charge in [-0.1, -0.05) is 32.3 Å². The van der Waals surface area contributed by atoms with E-state index < -0.39 is 0 Å². The van der Waals surface area contributed by atoms with Gasteiger partial charge in [0.15, 0.2) is 0 Å². The van der Waals surface area contributed by atoms with E-state index in [1.165, 1.54) is 39.0 Å². The maximum atomic E-state index is 12.2. The Bertz CT molecular complexity index is 588. The summed E-state index contributed by atoms with van der Waals surface area (Å²) in [7, 11) is 2.00. The Labute approximate surface area is 151 Å². The minimum atomic E-state index is -0.125. The fraction of sp³-hybridized carbons (Fsp3) is 0.600. The second-order valence-corrected chi connectivity index (χ2v) is 7.47. The van der Waals surface area contributed by atoms with Crippen molar-refractivity contribution in [3.05, 3.63) is 24.3 Å². The van der Waals surface area contributed by atoms with Crippen molar-refractivity contribution in [1.82, 2.24) is 4.90 Å². The number of nitrogens with zero attached hydrogens (tertiary/aromatic N) is 1. The SMILES string of the molecule is CC(=O)Nc1cccc(NC(=O)CN(C)CC[C@@H]2CCC[C@H](C)C2)c1. The van der Waals surface area contributed by atoms with E-state index in [0.29, 0.717) is 17.9 Å². The topological polar surface area (TPSA) is 61.4 Å². The van der Waals surface area contributed by atoms with Gasteiger partial charge in [0.2, 0.25) is 11.8 Å². The fourth-order valence-electron chi connectivity index (χ4n) is 3.63. The van der Waals surface area contributed by atoms with Gasteiger partial charge in [-0.15, -0.1) is 0 Å². The van der Waals surface area contributed by atoms with Gasteiger partial charge in [0.25, 0.3) is 0 Å². The van der Waals surface area contributed by atoms with E-state index in [1.54, 1.807) is 12.1 Å². The van der Waals surface area contributed by atoms with E-state index in [4.69, 9.17) is 0 Å². The first-order valence-electron chi connectivity index (χ1n) is 9.28. The highest BCUT2D eigenvalue weighted by Gasteiger charge is 2.19. The van der Waals surface area contributed by atoms with Crippen LogP contribution in [-0.4, -0.2) is 36.9 Å². The first kappa shape index (κ1) is 19.4. The summed E-state index contributed by atoms with van der Waals surface area (Å²) < 4.78 is 0. The average molecular weight is 345 g/mol. The Morgan fingerprint density at radius 2 is 1.92 bits per heavy atom. The third-order valence-electron chi connectivity index (χ3n) is 4.84. The van der Waals surface area contributed by atoms with Crippen LogP contribution in [0, 0.1) is 11.8 Å². The number of hydrogen-bond donors (Lipinski definition) is 2. The average Bonchev–Trinajstić information content (AvgIpc) is 2.52. The minimum Gasteiger partial charge on any atom is -0.326 e. The zero-order valence-electron chi connectivity index (χ0n) is 15.7.